The van der Waals surface area contributed by atoms with Gasteiger partial charge in [0.25, 0.3) is 0 Å². The first-order chi connectivity index (χ1) is 6.25. The Morgan fingerprint density at radius 2 is 1.64 bits per heavy atom. The quantitative estimate of drug-likeness (QED) is 0.630. The summed E-state index contributed by atoms with van der Waals surface area (Å²) in [6.07, 6.45) is 6.08. The number of aliphatic hydroxyl groups is 1. The van der Waals surface area contributed by atoms with Gasteiger partial charge < -0.3 is 5.11 Å². The van der Waals surface area contributed by atoms with Gasteiger partial charge in [-0.1, -0.05) is 20.8 Å². The van der Waals surface area contributed by atoms with E-state index < -0.39 is 0 Å². The van der Waals surface area contributed by atoms with Crippen molar-refractivity contribution in [1.29, 1.82) is 0 Å². The van der Waals surface area contributed by atoms with Crippen molar-refractivity contribution < 1.29 is 5.11 Å². The minimum Gasteiger partial charge on any atom is -0.390 e. The van der Waals surface area contributed by atoms with Crippen LogP contribution in [0, 0.1) is 16.7 Å². The first-order valence-electron chi connectivity index (χ1n) is 5.97. The largest absolute Gasteiger partial charge is 0.390 e. The molecule has 1 heteroatoms. The van der Waals surface area contributed by atoms with Crippen molar-refractivity contribution in [3.63, 3.8) is 0 Å². The maximum absolute atomic E-state index is 9.87. The molecule has 82 valence electrons. The predicted molar refractivity (Wildman–Crippen MR) is 59.1 cm³/mol. The Morgan fingerprint density at radius 3 is 2.07 bits per heavy atom. The molecular formula is C13H24O. The first kappa shape index (κ1) is 10.5. The molecule has 0 aromatic carbocycles. The van der Waals surface area contributed by atoms with E-state index in [1.165, 1.54) is 19.3 Å². The maximum atomic E-state index is 9.87. The van der Waals surface area contributed by atoms with Gasteiger partial charge in [-0.2, -0.15) is 0 Å². The predicted octanol–water partition coefficient (Wildman–Crippen LogP) is 3.36. The molecule has 1 nitrogen and oxygen atoms in total. The molecule has 2 fully saturated rings. The van der Waals surface area contributed by atoms with Crippen LogP contribution in [0.1, 0.15) is 59.8 Å². The Labute approximate surface area is 87.9 Å². The fraction of sp³-hybridized carbons (Fsp3) is 1.00. The molecule has 1 spiro atoms. The fourth-order valence-electron chi connectivity index (χ4n) is 4.01. The lowest BCUT2D eigenvalue weighted by Gasteiger charge is -2.59. The van der Waals surface area contributed by atoms with Gasteiger partial charge >= 0.3 is 0 Å². The van der Waals surface area contributed by atoms with Crippen molar-refractivity contribution in [2.75, 3.05) is 0 Å². The number of hydrogen-bond acceptors (Lipinski definition) is 1. The van der Waals surface area contributed by atoms with Crippen molar-refractivity contribution in [3.05, 3.63) is 0 Å². The third kappa shape index (κ3) is 1.60. The highest BCUT2D eigenvalue weighted by Crippen LogP contribution is 2.61. The van der Waals surface area contributed by atoms with E-state index in [0.717, 1.165) is 18.8 Å². The second-order valence-electron chi connectivity index (χ2n) is 6.96. The van der Waals surface area contributed by atoms with Gasteiger partial charge in [-0.3, -0.25) is 0 Å². The van der Waals surface area contributed by atoms with Crippen molar-refractivity contribution in [2.45, 2.75) is 65.4 Å². The SMILES string of the molecule is C[C@@H]1CCC2(CC(C)(O)C2)CC1(C)C. The summed E-state index contributed by atoms with van der Waals surface area (Å²) in [6.45, 7) is 9.16. The van der Waals surface area contributed by atoms with Crippen LogP contribution >= 0.6 is 0 Å². The van der Waals surface area contributed by atoms with Crippen molar-refractivity contribution in [2.24, 2.45) is 16.7 Å². The molecule has 1 N–H and O–H groups in total. The summed E-state index contributed by atoms with van der Waals surface area (Å²) in [6, 6.07) is 0. The van der Waals surface area contributed by atoms with E-state index in [1.54, 1.807) is 0 Å². The highest BCUT2D eigenvalue weighted by molar-refractivity contribution is 5.06. The maximum Gasteiger partial charge on any atom is 0.0630 e. The topological polar surface area (TPSA) is 20.2 Å². The summed E-state index contributed by atoms with van der Waals surface area (Å²) in [4.78, 5) is 0. The minimum absolute atomic E-state index is 0.351. The van der Waals surface area contributed by atoms with E-state index in [2.05, 4.69) is 20.8 Å². The molecule has 14 heavy (non-hydrogen) atoms. The molecule has 2 aliphatic rings. The van der Waals surface area contributed by atoms with Gasteiger partial charge in [0, 0.05) is 0 Å². The molecule has 0 amide bonds. The minimum atomic E-state index is -0.351. The molecule has 0 aliphatic heterocycles. The highest BCUT2D eigenvalue weighted by atomic mass is 16.3. The fourth-order valence-corrected chi connectivity index (χ4v) is 4.01. The van der Waals surface area contributed by atoms with Crippen LogP contribution < -0.4 is 0 Å². The standard InChI is InChI=1S/C13H24O/c1-10-5-6-13(7-11(10,2)3)8-12(4,14)9-13/h10,14H,5-9H2,1-4H3/t10-,12?,13?/m1/s1. The highest BCUT2D eigenvalue weighted by Gasteiger charge is 2.55. The number of hydrogen-bond donors (Lipinski definition) is 1. The lowest BCUT2D eigenvalue weighted by Crippen LogP contribution is -2.54. The van der Waals surface area contributed by atoms with E-state index in [-0.39, 0.29) is 5.60 Å². The first-order valence-corrected chi connectivity index (χ1v) is 5.97. The van der Waals surface area contributed by atoms with E-state index in [1.807, 2.05) is 6.92 Å². The summed E-state index contributed by atoms with van der Waals surface area (Å²) in [5.41, 5.74) is 0.630. The zero-order valence-electron chi connectivity index (χ0n) is 10.1. The van der Waals surface area contributed by atoms with Crippen LogP contribution in [0.3, 0.4) is 0 Å². The van der Waals surface area contributed by atoms with E-state index >= 15 is 0 Å². The molecule has 2 aliphatic carbocycles. The summed E-state index contributed by atoms with van der Waals surface area (Å²) in [7, 11) is 0. The van der Waals surface area contributed by atoms with Crippen LogP contribution in [0.15, 0.2) is 0 Å². The molecular weight excluding hydrogens is 172 g/mol. The van der Waals surface area contributed by atoms with Crippen LogP contribution in [0.2, 0.25) is 0 Å². The monoisotopic (exact) mass is 196 g/mol. The Kier molecular flexibility index (Phi) is 2.06. The lowest BCUT2D eigenvalue weighted by molar-refractivity contribution is -0.155. The average Bonchev–Trinajstić information content (AvgIpc) is 1.93. The molecule has 0 saturated heterocycles. The third-order valence-electron chi connectivity index (χ3n) is 4.78. The van der Waals surface area contributed by atoms with E-state index in [9.17, 15) is 5.11 Å². The Balaban J connectivity index is 2.05. The molecule has 0 radical (unpaired) electrons. The molecule has 0 heterocycles. The van der Waals surface area contributed by atoms with Gasteiger partial charge in [0.15, 0.2) is 0 Å². The van der Waals surface area contributed by atoms with Gasteiger partial charge in [-0.25, -0.2) is 0 Å². The summed E-state index contributed by atoms with van der Waals surface area (Å²) < 4.78 is 0. The zero-order chi connectivity index (χ0) is 10.6. The summed E-state index contributed by atoms with van der Waals surface area (Å²) >= 11 is 0. The van der Waals surface area contributed by atoms with Gasteiger partial charge in [0.05, 0.1) is 5.60 Å². The molecule has 0 bridgehead atoms. The molecule has 2 saturated carbocycles. The van der Waals surface area contributed by atoms with Gasteiger partial charge in [0.2, 0.25) is 0 Å². The van der Waals surface area contributed by atoms with Crippen LogP contribution in [0.4, 0.5) is 0 Å². The lowest BCUT2D eigenvalue weighted by atomic mass is 9.48. The van der Waals surface area contributed by atoms with Crippen LogP contribution in [-0.2, 0) is 0 Å². The van der Waals surface area contributed by atoms with Crippen molar-refractivity contribution in [3.8, 4) is 0 Å². The van der Waals surface area contributed by atoms with Gasteiger partial charge in [0.1, 0.15) is 0 Å². The second kappa shape index (κ2) is 2.75. The van der Waals surface area contributed by atoms with Crippen molar-refractivity contribution in [1.82, 2.24) is 0 Å². The molecule has 0 unspecified atom stereocenters. The average molecular weight is 196 g/mol. The summed E-state index contributed by atoms with van der Waals surface area (Å²) in [5.74, 6) is 0.846. The van der Waals surface area contributed by atoms with Crippen LogP contribution in [0.25, 0.3) is 0 Å². The third-order valence-corrected chi connectivity index (χ3v) is 4.78. The zero-order valence-corrected chi connectivity index (χ0v) is 10.1. The number of rotatable bonds is 0. The second-order valence-corrected chi connectivity index (χ2v) is 6.96. The Morgan fingerprint density at radius 1 is 1.07 bits per heavy atom. The summed E-state index contributed by atoms with van der Waals surface area (Å²) in [5, 5.41) is 9.87. The van der Waals surface area contributed by atoms with Crippen molar-refractivity contribution >= 4 is 0 Å². The van der Waals surface area contributed by atoms with Crippen LogP contribution in [-0.4, -0.2) is 10.7 Å². The van der Waals surface area contributed by atoms with Gasteiger partial charge in [-0.15, -0.1) is 0 Å². The molecule has 0 aromatic heterocycles. The Bertz CT molecular complexity index is 232. The van der Waals surface area contributed by atoms with E-state index in [0.29, 0.717) is 10.8 Å². The normalized spacial score (nSPS) is 51.6. The molecule has 1 atom stereocenters. The Hall–Kier alpha value is -0.0400. The molecule has 2 rings (SSSR count). The van der Waals surface area contributed by atoms with Gasteiger partial charge in [-0.05, 0) is 55.8 Å². The van der Waals surface area contributed by atoms with Crippen LogP contribution in [0.5, 0.6) is 0 Å². The smallest absolute Gasteiger partial charge is 0.0630 e. The molecule has 0 aromatic rings. The van der Waals surface area contributed by atoms with E-state index in [4.69, 9.17) is 0 Å².